The van der Waals surface area contributed by atoms with E-state index in [-0.39, 0.29) is 19.0 Å². The first-order valence-corrected chi connectivity index (χ1v) is 4.18. The van der Waals surface area contributed by atoms with E-state index in [4.69, 9.17) is 15.6 Å². The molecule has 0 saturated heterocycles. The number of hydrogen-bond acceptors (Lipinski definition) is 4. The minimum atomic E-state index is -1.18. The van der Waals surface area contributed by atoms with Crippen molar-refractivity contribution in [2.45, 2.75) is 32.4 Å². The second-order valence-corrected chi connectivity index (χ2v) is 3.77. The van der Waals surface area contributed by atoms with Crippen LogP contribution in [0.15, 0.2) is 0 Å². The molecule has 15 heavy (non-hydrogen) atoms. The van der Waals surface area contributed by atoms with Gasteiger partial charge in [-0.05, 0) is 20.8 Å². The molecule has 0 aliphatic heterocycles. The first-order chi connectivity index (χ1) is 6.26. The van der Waals surface area contributed by atoms with Crippen LogP contribution in [0.3, 0.4) is 0 Å². The number of carbonyl (C=O) groups excluding carboxylic acids is 1. The van der Waals surface area contributed by atoms with Gasteiger partial charge in [-0.2, -0.15) is 0 Å². The lowest BCUT2D eigenvalue weighted by atomic mass is 10.2. The molecule has 0 saturated carbocycles. The summed E-state index contributed by atoms with van der Waals surface area (Å²) in [5.41, 5.74) is 4.48. The fraction of sp³-hybridized carbons (Fsp3) is 0.750. The van der Waals surface area contributed by atoms with Gasteiger partial charge in [0.1, 0.15) is 11.6 Å². The second-order valence-electron chi connectivity index (χ2n) is 3.77. The van der Waals surface area contributed by atoms with Gasteiger partial charge in [0, 0.05) is 6.54 Å². The standard InChI is InChI=1S/C8H16N2O4.ClH/c1-8(2,3)14-7(13)10-5(4-9)6(11)12;/h5H,4,9H2,1-3H3,(H,10,13)(H,11,12);1H/t5-;/m1./s1. The van der Waals surface area contributed by atoms with Crippen LogP contribution in [0.25, 0.3) is 0 Å². The third kappa shape index (κ3) is 8.02. The SMILES string of the molecule is CC(C)(C)OC(=O)N[C@H](CN)C(=O)O.Cl. The van der Waals surface area contributed by atoms with Gasteiger partial charge in [0.05, 0.1) is 0 Å². The first kappa shape index (κ1) is 16.4. The molecule has 7 heteroatoms. The Kier molecular flexibility index (Phi) is 7.08. The molecule has 1 atom stereocenters. The molecule has 0 fully saturated rings. The van der Waals surface area contributed by atoms with Gasteiger partial charge in [-0.3, -0.25) is 0 Å². The summed E-state index contributed by atoms with van der Waals surface area (Å²) in [5, 5.41) is 10.7. The molecular formula is C8H17ClN2O4. The highest BCUT2D eigenvalue weighted by molar-refractivity contribution is 5.85. The summed E-state index contributed by atoms with van der Waals surface area (Å²) >= 11 is 0. The lowest BCUT2D eigenvalue weighted by molar-refractivity contribution is -0.139. The number of carbonyl (C=O) groups is 2. The highest BCUT2D eigenvalue weighted by Gasteiger charge is 2.22. The summed E-state index contributed by atoms with van der Waals surface area (Å²) in [5.74, 6) is -1.18. The summed E-state index contributed by atoms with van der Waals surface area (Å²) in [4.78, 5) is 21.6. The maximum atomic E-state index is 11.1. The molecule has 0 heterocycles. The quantitative estimate of drug-likeness (QED) is 0.661. The molecule has 6 nitrogen and oxygen atoms in total. The van der Waals surface area contributed by atoms with Crippen LogP contribution in [0.1, 0.15) is 20.8 Å². The third-order valence-corrected chi connectivity index (χ3v) is 1.22. The normalized spacial score (nSPS) is 12.3. The number of carboxylic acids is 1. The monoisotopic (exact) mass is 240 g/mol. The smallest absolute Gasteiger partial charge is 0.408 e. The van der Waals surface area contributed by atoms with E-state index in [2.05, 4.69) is 5.32 Å². The van der Waals surface area contributed by atoms with Gasteiger partial charge in [-0.25, -0.2) is 9.59 Å². The fourth-order valence-electron chi connectivity index (χ4n) is 0.671. The number of ether oxygens (including phenoxy) is 1. The number of halogens is 1. The number of amides is 1. The fourth-order valence-corrected chi connectivity index (χ4v) is 0.671. The maximum Gasteiger partial charge on any atom is 0.408 e. The van der Waals surface area contributed by atoms with Crippen LogP contribution in [-0.2, 0) is 9.53 Å². The Morgan fingerprint density at radius 2 is 1.93 bits per heavy atom. The average molecular weight is 241 g/mol. The molecule has 90 valence electrons. The first-order valence-electron chi connectivity index (χ1n) is 4.18. The van der Waals surface area contributed by atoms with Crippen molar-refractivity contribution in [3.05, 3.63) is 0 Å². The zero-order valence-corrected chi connectivity index (χ0v) is 9.76. The van der Waals surface area contributed by atoms with Gasteiger partial charge in [0.2, 0.25) is 0 Å². The lowest BCUT2D eigenvalue weighted by Gasteiger charge is -2.21. The largest absolute Gasteiger partial charge is 0.480 e. The molecule has 0 bridgehead atoms. The Morgan fingerprint density at radius 1 is 1.47 bits per heavy atom. The van der Waals surface area contributed by atoms with Crippen molar-refractivity contribution in [2.75, 3.05) is 6.54 Å². The number of hydrogen-bond donors (Lipinski definition) is 3. The van der Waals surface area contributed by atoms with Gasteiger partial charge in [0.15, 0.2) is 0 Å². The number of nitrogens with two attached hydrogens (primary N) is 1. The molecule has 0 unspecified atom stereocenters. The van der Waals surface area contributed by atoms with Crippen LogP contribution in [0.5, 0.6) is 0 Å². The molecule has 0 radical (unpaired) electrons. The average Bonchev–Trinajstić information content (AvgIpc) is 1.96. The number of carboxylic acid groups (broad SMARTS) is 1. The van der Waals surface area contributed by atoms with Crippen molar-refractivity contribution in [1.29, 1.82) is 0 Å². The molecule has 0 aromatic carbocycles. The summed E-state index contributed by atoms with van der Waals surface area (Å²) in [6.45, 7) is 4.88. The van der Waals surface area contributed by atoms with Crippen LogP contribution in [0, 0.1) is 0 Å². The van der Waals surface area contributed by atoms with Gasteiger partial charge < -0.3 is 20.9 Å². The van der Waals surface area contributed by atoms with Gasteiger partial charge in [0.25, 0.3) is 0 Å². The number of aliphatic carboxylic acids is 1. The minimum Gasteiger partial charge on any atom is -0.480 e. The van der Waals surface area contributed by atoms with E-state index in [9.17, 15) is 9.59 Å². The van der Waals surface area contributed by atoms with E-state index in [0.717, 1.165) is 0 Å². The minimum absolute atomic E-state index is 0. The summed E-state index contributed by atoms with van der Waals surface area (Å²) in [6, 6.07) is -1.11. The number of nitrogens with one attached hydrogen (secondary N) is 1. The van der Waals surface area contributed by atoms with E-state index in [1.54, 1.807) is 20.8 Å². The van der Waals surface area contributed by atoms with Crippen molar-refractivity contribution < 1.29 is 19.4 Å². The molecular weight excluding hydrogens is 224 g/mol. The van der Waals surface area contributed by atoms with Gasteiger partial charge in [-0.15, -0.1) is 12.4 Å². The van der Waals surface area contributed by atoms with Crippen LogP contribution >= 0.6 is 12.4 Å². The summed E-state index contributed by atoms with van der Waals surface area (Å²) < 4.78 is 4.85. The van der Waals surface area contributed by atoms with Crippen molar-refractivity contribution in [1.82, 2.24) is 5.32 Å². The van der Waals surface area contributed by atoms with Crippen molar-refractivity contribution in [2.24, 2.45) is 5.73 Å². The lowest BCUT2D eigenvalue weighted by Crippen LogP contribution is -2.47. The predicted octanol–water partition coefficient (Wildman–Crippen LogP) is 0.345. The van der Waals surface area contributed by atoms with Crippen molar-refractivity contribution in [3.8, 4) is 0 Å². The van der Waals surface area contributed by atoms with E-state index in [1.807, 2.05) is 0 Å². The van der Waals surface area contributed by atoms with Gasteiger partial charge >= 0.3 is 12.1 Å². The summed E-state index contributed by atoms with van der Waals surface area (Å²) in [6.07, 6.45) is -0.782. The summed E-state index contributed by atoms with van der Waals surface area (Å²) in [7, 11) is 0. The van der Waals surface area contributed by atoms with E-state index in [1.165, 1.54) is 0 Å². The van der Waals surface area contributed by atoms with Crippen molar-refractivity contribution >= 4 is 24.5 Å². The molecule has 0 rings (SSSR count). The number of alkyl carbamates (subject to hydrolysis) is 1. The molecule has 0 spiro atoms. The Hall–Kier alpha value is -1.01. The Bertz CT molecular complexity index is 227. The van der Waals surface area contributed by atoms with Crippen LogP contribution in [0.2, 0.25) is 0 Å². The topological polar surface area (TPSA) is 102 Å². The van der Waals surface area contributed by atoms with Gasteiger partial charge in [-0.1, -0.05) is 0 Å². The molecule has 0 aliphatic rings. The Morgan fingerprint density at radius 3 is 2.20 bits per heavy atom. The van der Waals surface area contributed by atoms with Crippen LogP contribution in [0.4, 0.5) is 4.79 Å². The van der Waals surface area contributed by atoms with Crippen LogP contribution in [-0.4, -0.2) is 35.4 Å². The molecule has 0 aliphatic carbocycles. The van der Waals surface area contributed by atoms with E-state index < -0.39 is 23.7 Å². The third-order valence-electron chi connectivity index (χ3n) is 1.22. The highest BCUT2D eigenvalue weighted by atomic mass is 35.5. The second kappa shape index (κ2) is 6.47. The predicted molar refractivity (Wildman–Crippen MR) is 57.1 cm³/mol. The maximum absolute atomic E-state index is 11.1. The number of rotatable bonds is 3. The van der Waals surface area contributed by atoms with Crippen molar-refractivity contribution in [3.63, 3.8) is 0 Å². The van der Waals surface area contributed by atoms with E-state index >= 15 is 0 Å². The zero-order valence-electron chi connectivity index (χ0n) is 8.94. The van der Waals surface area contributed by atoms with Crippen LogP contribution < -0.4 is 11.1 Å². The Labute approximate surface area is 94.6 Å². The Balaban J connectivity index is 0. The molecule has 4 N–H and O–H groups in total. The van der Waals surface area contributed by atoms with E-state index in [0.29, 0.717) is 0 Å². The highest BCUT2D eigenvalue weighted by Crippen LogP contribution is 2.06. The molecule has 0 aromatic rings. The zero-order chi connectivity index (χ0) is 11.4. The molecule has 0 aromatic heterocycles. The molecule has 1 amide bonds.